The highest BCUT2D eigenvalue weighted by Crippen LogP contribution is 2.43. The molecule has 9 nitrogen and oxygen atoms in total. The van der Waals surface area contributed by atoms with Crippen LogP contribution in [0.25, 0.3) is 0 Å². The van der Waals surface area contributed by atoms with Crippen molar-refractivity contribution in [2.24, 2.45) is 5.73 Å². The van der Waals surface area contributed by atoms with Crippen molar-refractivity contribution in [1.29, 1.82) is 0 Å². The average Bonchev–Trinajstić information content (AvgIpc) is 3.32. The van der Waals surface area contributed by atoms with E-state index < -0.39 is 32.5 Å². The van der Waals surface area contributed by atoms with Crippen LogP contribution in [0.15, 0.2) is 109 Å². The number of esters is 2. The van der Waals surface area contributed by atoms with Gasteiger partial charge in [0, 0.05) is 19.4 Å². The summed E-state index contributed by atoms with van der Waals surface area (Å²) in [6.07, 6.45) is 69.8. The SMILES string of the molecule is CC/C=C\C/C=C\C/C=C\C/C=C\C/C=C\CCCCCCCCCCCC(=O)OC(COC(=O)CCCCCCCCCC/C=C\C/C=C\C/C=C\C/C=C\CC)COP(=O)(O)OCCN. The van der Waals surface area contributed by atoms with Crippen LogP contribution in [-0.4, -0.2) is 49.3 Å². The number of allylic oxidation sites excluding steroid dienone is 18. The highest BCUT2D eigenvalue weighted by atomic mass is 31.2. The molecular formula is C57H96NO8P. The van der Waals surface area contributed by atoms with E-state index in [1.165, 1.54) is 57.8 Å². The lowest BCUT2D eigenvalue weighted by atomic mass is 10.1. The minimum absolute atomic E-state index is 0.0453. The van der Waals surface area contributed by atoms with Gasteiger partial charge in [-0.1, -0.05) is 207 Å². The van der Waals surface area contributed by atoms with Crippen LogP contribution in [0.2, 0.25) is 0 Å². The maximum absolute atomic E-state index is 12.7. The molecule has 0 heterocycles. The van der Waals surface area contributed by atoms with Gasteiger partial charge in [-0.05, 0) is 96.3 Å². The summed E-state index contributed by atoms with van der Waals surface area (Å²) in [7, 11) is -4.40. The van der Waals surface area contributed by atoms with Crippen LogP contribution in [0.5, 0.6) is 0 Å². The van der Waals surface area contributed by atoms with Gasteiger partial charge >= 0.3 is 19.8 Å². The minimum Gasteiger partial charge on any atom is -0.462 e. The van der Waals surface area contributed by atoms with Gasteiger partial charge in [-0.3, -0.25) is 18.6 Å². The minimum atomic E-state index is -4.40. The van der Waals surface area contributed by atoms with Crippen LogP contribution in [0.1, 0.15) is 206 Å². The first-order valence-electron chi connectivity index (χ1n) is 26.4. The smallest absolute Gasteiger partial charge is 0.462 e. The van der Waals surface area contributed by atoms with E-state index in [4.69, 9.17) is 24.3 Å². The fraction of sp³-hybridized carbons (Fsp3) is 0.649. The number of ether oxygens (including phenoxy) is 2. The van der Waals surface area contributed by atoms with E-state index in [0.29, 0.717) is 6.42 Å². The second-order valence-electron chi connectivity index (χ2n) is 17.0. The molecule has 0 aromatic rings. The monoisotopic (exact) mass is 954 g/mol. The molecule has 0 rings (SSSR count). The Bertz CT molecular complexity index is 1460. The quantitative estimate of drug-likeness (QED) is 0.0264. The highest BCUT2D eigenvalue weighted by Gasteiger charge is 2.26. The lowest BCUT2D eigenvalue weighted by Gasteiger charge is -2.19. The van der Waals surface area contributed by atoms with Gasteiger partial charge in [-0.2, -0.15) is 0 Å². The third-order valence-corrected chi connectivity index (χ3v) is 11.6. The maximum atomic E-state index is 12.7. The third kappa shape index (κ3) is 51.9. The van der Waals surface area contributed by atoms with E-state index in [2.05, 4.69) is 123 Å². The van der Waals surface area contributed by atoms with E-state index in [1.807, 2.05) is 0 Å². The molecule has 0 bridgehead atoms. The number of phosphoric ester groups is 1. The lowest BCUT2D eigenvalue weighted by Crippen LogP contribution is -2.29. The largest absolute Gasteiger partial charge is 0.472 e. The summed E-state index contributed by atoms with van der Waals surface area (Å²) in [6, 6.07) is 0. The van der Waals surface area contributed by atoms with Crippen LogP contribution in [-0.2, 0) is 32.7 Å². The molecule has 0 radical (unpaired) electrons. The lowest BCUT2D eigenvalue weighted by molar-refractivity contribution is -0.161. The van der Waals surface area contributed by atoms with E-state index >= 15 is 0 Å². The molecule has 0 aliphatic rings. The zero-order valence-corrected chi connectivity index (χ0v) is 43.2. The number of carbonyl (C=O) groups excluding carboxylic acids is 2. The summed E-state index contributed by atoms with van der Waals surface area (Å²) in [6.45, 7) is 3.49. The average molecular weight is 954 g/mol. The van der Waals surface area contributed by atoms with Crippen molar-refractivity contribution in [3.05, 3.63) is 109 Å². The standard InChI is InChI=1S/C57H96NO8P/c1-3-5-7-9-11-13-15-17-19-21-23-25-26-27-28-30-32-34-36-38-40-42-44-46-48-50-57(60)66-55(54-65-67(61,62)64-52-51-58)53-63-56(59)49-47-45-43-41-39-37-35-33-31-29-24-22-20-18-16-14-12-10-8-6-4-2/h5-8,11-14,17-20,23-25,27-29,55H,3-4,9-10,15-16,21-22,26,30-54,58H2,1-2H3,(H,61,62)/b7-5-,8-6-,13-11-,14-12-,19-17-,20-18-,25-23-,28-27-,29-24-. The van der Waals surface area contributed by atoms with E-state index in [-0.39, 0.29) is 32.6 Å². The fourth-order valence-electron chi connectivity index (χ4n) is 6.83. The molecule has 0 saturated heterocycles. The normalized spacial score (nSPS) is 14.0. The molecule has 2 unspecified atom stereocenters. The number of unbranched alkanes of at least 4 members (excludes halogenated alkanes) is 17. The zero-order chi connectivity index (χ0) is 48.8. The first-order valence-corrected chi connectivity index (χ1v) is 27.9. The summed E-state index contributed by atoms with van der Waals surface area (Å²) in [4.78, 5) is 35.1. The number of rotatable bonds is 48. The molecule has 0 aromatic carbocycles. The first kappa shape index (κ1) is 63.7. The first-order chi connectivity index (χ1) is 32.8. The summed E-state index contributed by atoms with van der Waals surface area (Å²) in [5, 5.41) is 0. The number of nitrogens with two attached hydrogens (primary N) is 1. The van der Waals surface area contributed by atoms with Gasteiger partial charge in [0.15, 0.2) is 6.10 Å². The summed E-state index contributed by atoms with van der Waals surface area (Å²) < 4.78 is 33.0. The second kappa shape index (κ2) is 52.0. The number of carbonyl (C=O) groups is 2. The van der Waals surface area contributed by atoms with Gasteiger partial charge in [0.2, 0.25) is 0 Å². The van der Waals surface area contributed by atoms with Gasteiger partial charge in [0.25, 0.3) is 0 Å². The Hall–Kier alpha value is -3.33. The van der Waals surface area contributed by atoms with Crippen molar-refractivity contribution in [2.45, 2.75) is 213 Å². The molecule has 0 spiro atoms. The van der Waals surface area contributed by atoms with Crippen molar-refractivity contribution in [3.63, 3.8) is 0 Å². The molecule has 2 atom stereocenters. The van der Waals surface area contributed by atoms with E-state index in [9.17, 15) is 19.0 Å². The fourth-order valence-corrected chi connectivity index (χ4v) is 7.59. The van der Waals surface area contributed by atoms with Gasteiger partial charge < -0.3 is 20.1 Å². The predicted octanol–water partition coefficient (Wildman–Crippen LogP) is 16.3. The molecular weight excluding hydrogens is 858 g/mol. The van der Waals surface area contributed by atoms with Crippen molar-refractivity contribution >= 4 is 19.8 Å². The topological polar surface area (TPSA) is 134 Å². The number of phosphoric acid groups is 1. The van der Waals surface area contributed by atoms with E-state index in [1.54, 1.807) is 0 Å². The molecule has 3 N–H and O–H groups in total. The zero-order valence-electron chi connectivity index (χ0n) is 42.3. The Kier molecular flexibility index (Phi) is 49.5. The number of hydrogen-bond donors (Lipinski definition) is 2. The molecule has 0 fully saturated rings. The van der Waals surface area contributed by atoms with Gasteiger partial charge in [-0.25, -0.2) is 4.57 Å². The van der Waals surface area contributed by atoms with Gasteiger partial charge in [-0.15, -0.1) is 0 Å². The van der Waals surface area contributed by atoms with Crippen LogP contribution in [0.4, 0.5) is 0 Å². The van der Waals surface area contributed by atoms with Crippen molar-refractivity contribution in [2.75, 3.05) is 26.4 Å². The second-order valence-corrected chi connectivity index (χ2v) is 18.4. The highest BCUT2D eigenvalue weighted by molar-refractivity contribution is 7.47. The van der Waals surface area contributed by atoms with Crippen molar-refractivity contribution < 1.29 is 37.6 Å². The Morgan fingerprint density at radius 2 is 0.776 bits per heavy atom. The third-order valence-electron chi connectivity index (χ3n) is 10.7. The summed E-state index contributed by atoms with van der Waals surface area (Å²) >= 11 is 0. The van der Waals surface area contributed by atoms with Crippen molar-refractivity contribution in [3.8, 4) is 0 Å². The molecule has 0 aromatic heterocycles. The molecule has 0 aliphatic heterocycles. The predicted molar refractivity (Wildman–Crippen MR) is 284 cm³/mol. The molecule has 10 heteroatoms. The number of hydrogen-bond acceptors (Lipinski definition) is 8. The summed E-state index contributed by atoms with van der Waals surface area (Å²) in [5.74, 6) is -0.851. The van der Waals surface area contributed by atoms with Crippen molar-refractivity contribution in [1.82, 2.24) is 0 Å². The molecule has 67 heavy (non-hydrogen) atoms. The van der Waals surface area contributed by atoms with Gasteiger partial charge in [0.1, 0.15) is 6.61 Å². The van der Waals surface area contributed by atoms with Gasteiger partial charge in [0.05, 0.1) is 13.2 Å². The van der Waals surface area contributed by atoms with Crippen LogP contribution in [0, 0.1) is 0 Å². The Morgan fingerprint density at radius 1 is 0.448 bits per heavy atom. The summed E-state index contributed by atoms with van der Waals surface area (Å²) in [5.41, 5.74) is 5.37. The Balaban J connectivity index is 4.09. The Morgan fingerprint density at radius 3 is 1.15 bits per heavy atom. The van der Waals surface area contributed by atoms with E-state index in [0.717, 1.165) is 116 Å². The molecule has 382 valence electrons. The van der Waals surface area contributed by atoms with Crippen LogP contribution in [0.3, 0.4) is 0 Å². The molecule has 0 aliphatic carbocycles. The Labute approximate surface area is 409 Å². The van der Waals surface area contributed by atoms with Crippen LogP contribution < -0.4 is 5.73 Å². The maximum Gasteiger partial charge on any atom is 0.472 e. The molecule has 0 saturated carbocycles. The molecule has 0 amide bonds. The van der Waals surface area contributed by atoms with Crippen LogP contribution >= 0.6 is 7.82 Å².